The minimum atomic E-state index is -1.01. The topological polar surface area (TPSA) is 73.9 Å². The van der Waals surface area contributed by atoms with E-state index in [-0.39, 0.29) is 5.75 Å². The number of carbonyl (C=O) groups is 2. The maximum Gasteiger partial charge on any atom is 0.317 e. The molecule has 144 valence electrons. The van der Waals surface area contributed by atoms with Gasteiger partial charge in [-0.05, 0) is 31.2 Å². The van der Waals surface area contributed by atoms with Gasteiger partial charge in [-0.25, -0.2) is 4.39 Å². The first-order chi connectivity index (χ1) is 12.9. The lowest BCUT2D eigenvalue weighted by molar-refractivity contribution is -0.150. The quantitative estimate of drug-likeness (QED) is 0.547. The fourth-order valence-corrected chi connectivity index (χ4v) is 2.86. The second-order valence-electron chi connectivity index (χ2n) is 5.41. The van der Waals surface area contributed by atoms with Crippen molar-refractivity contribution in [2.24, 2.45) is 0 Å². The van der Waals surface area contributed by atoms with Crippen LogP contribution in [0, 0.1) is 5.82 Å². The Bertz CT molecular complexity index is 814. The zero-order chi connectivity index (χ0) is 19.8. The van der Waals surface area contributed by atoms with E-state index < -0.39 is 23.8 Å². The Morgan fingerprint density at radius 2 is 1.81 bits per heavy atom. The molecular formula is C19H20FNO5S. The number of benzene rings is 2. The lowest BCUT2D eigenvalue weighted by atomic mass is 10.2. The van der Waals surface area contributed by atoms with Crippen molar-refractivity contribution in [1.82, 2.24) is 0 Å². The van der Waals surface area contributed by atoms with Crippen LogP contribution in [0.1, 0.15) is 6.92 Å². The van der Waals surface area contributed by atoms with Gasteiger partial charge in [0.2, 0.25) is 0 Å². The van der Waals surface area contributed by atoms with Gasteiger partial charge in [-0.1, -0.05) is 12.1 Å². The highest BCUT2D eigenvalue weighted by atomic mass is 32.2. The normalized spacial score (nSPS) is 11.4. The van der Waals surface area contributed by atoms with E-state index in [9.17, 15) is 14.0 Å². The van der Waals surface area contributed by atoms with Gasteiger partial charge in [0.15, 0.2) is 17.6 Å². The molecule has 0 radical (unpaired) electrons. The van der Waals surface area contributed by atoms with Gasteiger partial charge < -0.3 is 19.5 Å². The average Bonchev–Trinajstić information content (AvgIpc) is 2.67. The molecule has 0 fully saturated rings. The van der Waals surface area contributed by atoms with Gasteiger partial charge in [0.25, 0.3) is 5.91 Å². The number of nitrogens with one attached hydrogen (secondary N) is 1. The van der Waals surface area contributed by atoms with Crippen molar-refractivity contribution < 1.29 is 28.2 Å². The molecule has 8 heteroatoms. The van der Waals surface area contributed by atoms with E-state index in [4.69, 9.17) is 14.2 Å². The highest BCUT2D eigenvalue weighted by Crippen LogP contribution is 2.29. The summed E-state index contributed by atoms with van der Waals surface area (Å²) in [5.41, 5.74) is 0.473. The molecule has 0 saturated carbocycles. The third kappa shape index (κ3) is 5.89. The van der Waals surface area contributed by atoms with Crippen molar-refractivity contribution in [1.29, 1.82) is 0 Å². The summed E-state index contributed by atoms with van der Waals surface area (Å²) in [5, 5.41) is 2.64. The van der Waals surface area contributed by atoms with Crippen LogP contribution >= 0.6 is 11.8 Å². The third-order valence-corrected chi connectivity index (χ3v) is 4.53. The maximum absolute atomic E-state index is 13.5. The summed E-state index contributed by atoms with van der Waals surface area (Å²) in [4.78, 5) is 24.4. The Balaban J connectivity index is 1.87. The Labute approximate surface area is 161 Å². The molecule has 0 aliphatic rings. The van der Waals surface area contributed by atoms with E-state index in [1.807, 2.05) is 0 Å². The van der Waals surface area contributed by atoms with Crippen LogP contribution in [0.25, 0.3) is 0 Å². The first-order valence-corrected chi connectivity index (χ1v) is 9.03. The zero-order valence-corrected chi connectivity index (χ0v) is 16.0. The van der Waals surface area contributed by atoms with Gasteiger partial charge in [-0.2, -0.15) is 0 Å². The van der Waals surface area contributed by atoms with Crippen molar-refractivity contribution in [2.45, 2.75) is 17.9 Å². The molecule has 2 rings (SSSR count). The molecule has 27 heavy (non-hydrogen) atoms. The number of hydrogen-bond acceptors (Lipinski definition) is 6. The van der Waals surface area contributed by atoms with Crippen LogP contribution in [-0.4, -0.2) is 38.0 Å². The van der Waals surface area contributed by atoms with Gasteiger partial charge in [0.05, 0.1) is 20.0 Å². The lowest BCUT2D eigenvalue weighted by Crippen LogP contribution is -2.30. The molecule has 0 aliphatic carbocycles. The van der Waals surface area contributed by atoms with Gasteiger partial charge in [-0.3, -0.25) is 9.59 Å². The van der Waals surface area contributed by atoms with E-state index in [0.29, 0.717) is 22.1 Å². The molecule has 2 aromatic carbocycles. The molecular weight excluding hydrogens is 373 g/mol. The van der Waals surface area contributed by atoms with Gasteiger partial charge in [-0.15, -0.1) is 11.8 Å². The van der Waals surface area contributed by atoms with Crippen LogP contribution in [0.4, 0.5) is 10.1 Å². The number of methoxy groups -OCH3 is 2. The molecule has 0 spiro atoms. The summed E-state index contributed by atoms with van der Waals surface area (Å²) in [6, 6.07) is 11.0. The van der Waals surface area contributed by atoms with Crippen molar-refractivity contribution in [3.63, 3.8) is 0 Å². The highest BCUT2D eigenvalue weighted by Gasteiger charge is 2.19. The lowest BCUT2D eigenvalue weighted by Gasteiger charge is -2.15. The molecule has 1 atom stereocenters. The Kier molecular flexibility index (Phi) is 7.48. The summed E-state index contributed by atoms with van der Waals surface area (Å²) in [5.74, 6) is -0.629. The number of halogens is 1. The van der Waals surface area contributed by atoms with Gasteiger partial charge in [0, 0.05) is 16.6 Å². The monoisotopic (exact) mass is 393 g/mol. The molecule has 0 aliphatic heterocycles. The van der Waals surface area contributed by atoms with Crippen LogP contribution in [-0.2, 0) is 14.3 Å². The van der Waals surface area contributed by atoms with Crippen LogP contribution in [0.15, 0.2) is 47.4 Å². The molecule has 0 saturated heterocycles. The predicted octanol–water partition coefficient (Wildman–Crippen LogP) is 3.51. The predicted molar refractivity (Wildman–Crippen MR) is 101 cm³/mol. The minimum absolute atomic E-state index is 0.102. The molecule has 0 aromatic heterocycles. The van der Waals surface area contributed by atoms with E-state index in [1.54, 1.807) is 36.4 Å². The van der Waals surface area contributed by atoms with Crippen LogP contribution in [0.5, 0.6) is 11.5 Å². The van der Waals surface area contributed by atoms with Crippen molar-refractivity contribution in [3.8, 4) is 11.5 Å². The fraction of sp³-hybridized carbons (Fsp3) is 0.263. The van der Waals surface area contributed by atoms with E-state index in [2.05, 4.69) is 5.32 Å². The first-order valence-electron chi connectivity index (χ1n) is 8.04. The van der Waals surface area contributed by atoms with Crippen LogP contribution in [0.3, 0.4) is 0 Å². The minimum Gasteiger partial charge on any atom is -0.493 e. The second-order valence-corrected chi connectivity index (χ2v) is 6.43. The first kappa shape index (κ1) is 20.6. The Hall–Kier alpha value is -2.74. The fourth-order valence-electron chi connectivity index (χ4n) is 2.14. The highest BCUT2D eigenvalue weighted by molar-refractivity contribution is 8.00. The summed E-state index contributed by atoms with van der Waals surface area (Å²) in [6.07, 6.45) is -1.01. The number of anilines is 1. The number of hydrogen-bond donors (Lipinski definition) is 1. The van der Waals surface area contributed by atoms with Crippen molar-refractivity contribution in [2.75, 3.05) is 25.3 Å². The van der Waals surface area contributed by atoms with Crippen LogP contribution < -0.4 is 14.8 Å². The number of esters is 1. The van der Waals surface area contributed by atoms with E-state index in [0.717, 1.165) is 11.8 Å². The smallest absolute Gasteiger partial charge is 0.317 e. The molecule has 1 N–H and O–H groups in total. The number of thioether (sulfide) groups is 1. The van der Waals surface area contributed by atoms with E-state index >= 15 is 0 Å². The molecule has 6 nitrogen and oxygen atoms in total. The van der Waals surface area contributed by atoms with Crippen LogP contribution in [0.2, 0.25) is 0 Å². The Morgan fingerprint density at radius 1 is 1.11 bits per heavy atom. The van der Waals surface area contributed by atoms with Gasteiger partial charge >= 0.3 is 5.97 Å². The number of rotatable bonds is 8. The Morgan fingerprint density at radius 3 is 2.48 bits per heavy atom. The molecule has 0 bridgehead atoms. The molecule has 0 heterocycles. The second kappa shape index (κ2) is 9.82. The molecule has 0 unspecified atom stereocenters. The summed E-state index contributed by atoms with van der Waals surface area (Å²) < 4.78 is 28.9. The van der Waals surface area contributed by atoms with E-state index in [1.165, 1.54) is 27.2 Å². The molecule has 1 amide bonds. The zero-order valence-electron chi connectivity index (χ0n) is 15.2. The number of ether oxygens (including phenoxy) is 3. The SMILES string of the molecule is COc1ccc(NC(=O)[C@H](C)OC(=O)CSc2ccccc2F)cc1OC. The average molecular weight is 393 g/mol. The standard InChI is InChI=1S/C19H20FNO5S/c1-12(26-18(22)11-27-17-7-5-4-6-14(17)20)19(23)21-13-8-9-15(24-2)16(10-13)25-3/h4-10,12H,11H2,1-3H3,(H,21,23)/t12-/m0/s1. The van der Waals surface area contributed by atoms with Crippen molar-refractivity contribution >= 4 is 29.3 Å². The molecule has 2 aromatic rings. The summed E-state index contributed by atoms with van der Waals surface area (Å²) in [6.45, 7) is 1.46. The number of carbonyl (C=O) groups excluding carboxylic acids is 2. The number of amides is 1. The summed E-state index contributed by atoms with van der Waals surface area (Å²) >= 11 is 1.01. The maximum atomic E-state index is 13.5. The van der Waals surface area contributed by atoms with Gasteiger partial charge in [0.1, 0.15) is 5.82 Å². The summed E-state index contributed by atoms with van der Waals surface area (Å²) in [7, 11) is 3.00. The third-order valence-electron chi connectivity index (χ3n) is 3.51. The largest absolute Gasteiger partial charge is 0.493 e. The van der Waals surface area contributed by atoms with Crippen molar-refractivity contribution in [3.05, 3.63) is 48.3 Å².